The van der Waals surface area contributed by atoms with Crippen LogP contribution in [-0.2, 0) is 27.5 Å². The summed E-state index contributed by atoms with van der Waals surface area (Å²) in [6, 6.07) is 14.7. The van der Waals surface area contributed by atoms with E-state index in [-0.39, 0.29) is 11.2 Å². The van der Waals surface area contributed by atoms with Crippen molar-refractivity contribution in [2.45, 2.75) is 86.1 Å². The number of pyridine rings is 1. The van der Waals surface area contributed by atoms with E-state index in [9.17, 15) is 14.3 Å². The van der Waals surface area contributed by atoms with E-state index in [2.05, 4.69) is 43.0 Å². The Balaban J connectivity index is 1.75. The molecule has 232 valence electrons. The van der Waals surface area contributed by atoms with E-state index in [0.29, 0.717) is 24.3 Å². The Labute approximate surface area is 255 Å². The van der Waals surface area contributed by atoms with Crippen molar-refractivity contribution in [3.63, 3.8) is 0 Å². The van der Waals surface area contributed by atoms with Gasteiger partial charge in [-0.15, -0.1) is 0 Å². The molecule has 0 aliphatic carbocycles. The van der Waals surface area contributed by atoms with Crippen LogP contribution in [-0.4, -0.2) is 46.9 Å². The molecule has 2 aromatic carbocycles. The molecule has 0 spiro atoms. The number of anilines is 1. The highest BCUT2D eigenvalue weighted by atomic mass is 19.1. The number of carboxylic acid groups (broad SMARTS) is 1. The molecule has 1 fully saturated rings. The van der Waals surface area contributed by atoms with Gasteiger partial charge in [0, 0.05) is 48.7 Å². The molecule has 0 amide bonds. The third-order valence-corrected chi connectivity index (χ3v) is 8.10. The van der Waals surface area contributed by atoms with E-state index >= 15 is 0 Å². The topological polar surface area (TPSA) is 75.1 Å². The highest BCUT2D eigenvalue weighted by molar-refractivity contribution is 5.88. The maximum Gasteiger partial charge on any atom is 0.337 e. The minimum Gasteiger partial charge on any atom is -0.479 e. The molecule has 1 saturated heterocycles. The molecular weight excluding hydrogens is 545 g/mol. The first kappa shape index (κ1) is 32.6. The maximum atomic E-state index is 13.4. The number of piperidine rings is 1. The third-order valence-electron chi connectivity index (χ3n) is 8.10. The van der Waals surface area contributed by atoms with Gasteiger partial charge >= 0.3 is 5.97 Å². The highest BCUT2D eigenvalue weighted by Crippen LogP contribution is 2.44. The summed E-state index contributed by atoms with van der Waals surface area (Å²) < 4.78 is 19.5. The van der Waals surface area contributed by atoms with Crippen LogP contribution in [0.5, 0.6) is 0 Å². The quantitative estimate of drug-likeness (QED) is 0.243. The van der Waals surface area contributed by atoms with Crippen molar-refractivity contribution in [2.24, 2.45) is 5.41 Å². The van der Waals surface area contributed by atoms with E-state index in [1.807, 2.05) is 39.7 Å². The first-order valence-electron chi connectivity index (χ1n) is 15.0. The Morgan fingerprint density at radius 3 is 2.02 bits per heavy atom. The van der Waals surface area contributed by atoms with E-state index in [1.54, 1.807) is 19.2 Å². The molecule has 1 aliphatic rings. The summed E-state index contributed by atoms with van der Waals surface area (Å²) >= 11 is 0. The molecular formula is C35H46FN3O4. The fourth-order valence-corrected chi connectivity index (χ4v) is 5.71. The first-order chi connectivity index (χ1) is 20.2. The summed E-state index contributed by atoms with van der Waals surface area (Å²) in [4.78, 5) is 25.5. The van der Waals surface area contributed by atoms with Crippen LogP contribution in [0.25, 0.3) is 11.1 Å². The van der Waals surface area contributed by atoms with Crippen molar-refractivity contribution < 1.29 is 23.9 Å². The maximum absolute atomic E-state index is 13.4. The predicted octanol–water partition coefficient (Wildman–Crippen LogP) is 7.64. The molecule has 1 N–H and O–H groups in total. The number of hydroxylamine groups is 2. The van der Waals surface area contributed by atoms with E-state index in [4.69, 9.17) is 14.6 Å². The van der Waals surface area contributed by atoms with Crippen molar-refractivity contribution in [3.05, 3.63) is 82.4 Å². The van der Waals surface area contributed by atoms with Gasteiger partial charge in [-0.2, -0.15) is 5.06 Å². The largest absolute Gasteiger partial charge is 0.479 e. The Bertz CT molecular complexity index is 1400. The van der Waals surface area contributed by atoms with E-state index in [1.165, 1.54) is 12.1 Å². The zero-order valence-electron chi connectivity index (χ0n) is 26.8. The number of nitrogens with zero attached hydrogens (tertiary/aromatic N) is 3. The van der Waals surface area contributed by atoms with Gasteiger partial charge in [0.05, 0.1) is 18.4 Å². The van der Waals surface area contributed by atoms with E-state index in [0.717, 1.165) is 59.6 Å². The van der Waals surface area contributed by atoms with Gasteiger partial charge in [0.1, 0.15) is 5.82 Å². The third kappa shape index (κ3) is 8.19. The lowest BCUT2D eigenvalue weighted by Gasteiger charge is -2.41. The number of carbonyl (C=O) groups is 1. The Hall–Kier alpha value is -3.33. The van der Waals surface area contributed by atoms with Crippen LogP contribution in [0, 0.1) is 25.1 Å². The molecule has 8 heteroatoms. The van der Waals surface area contributed by atoms with Crippen LogP contribution in [0.4, 0.5) is 10.1 Å². The first-order valence-corrected chi connectivity index (χ1v) is 15.0. The molecule has 0 radical (unpaired) electrons. The lowest BCUT2D eigenvalue weighted by Crippen LogP contribution is -2.39. The van der Waals surface area contributed by atoms with Crippen molar-refractivity contribution in [2.75, 3.05) is 25.1 Å². The fraction of sp³-hybridized carbons (Fsp3) is 0.486. The Morgan fingerprint density at radius 2 is 1.53 bits per heavy atom. The summed E-state index contributed by atoms with van der Waals surface area (Å²) in [6.07, 6.45) is 0.853. The van der Waals surface area contributed by atoms with E-state index < -0.39 is 17.7 Å². The average Bonchev–Trinajstić information content (AvgIpc) is 2.92. The zero-order chi connectivity index (χ0) is 31.5. The average molecular weight is 592 g/mol. The van der Waals surface area contributed by atoms with Crippen LogP contribution < -0.4 is 4.90 Å². The number of rotatable bonds is 10. The number of benzene rings is 2. The number of halogens is 1. The standard InChI is InChI=1S/C35H46FN3O4/c1-23-29(27-13-9-25(10-14-27)21-39(42-8)22-26-11-15-28(36)16-12-26)31(38-19-17-35(6,7)18-20-38)30(24(2)37-23)32(33(40)41)43-34(3,4)5/h9-16,32H,17-22H2,1-8H3,(H,40,41). The van der Waals surface area contributed by atoms with Crippen molar-refractivity contribution in [1.29, 1.82) is 0 Å². The fourth-order valence-electron chi connectivity index (χ4n) is 5.71. The molecule has 1 aromatic heterocycles. The summed E-state index contributed by atoms with van der Waals surface area (Å²) in [5, 5.41) is 12.2. The number of aromatic nitrogens is 1. The number of carboxylic acids is 1. The number of aliphatic carboxylic acids is 1. The molecule has 0 bridgehead atoms. The van der Waals surface area contributed by atoms with Gasteiger partial charge in [0.15, 0.2) is 6.10 Å². The zero-order valence-corrected chi connectivity index (χ0v) is 26.8. The van der Waals surface area contributed by atoms with Crippen molar-refractivity contribution in [1.82, 2.24) is 10.0 Å². The van der Waals surface area contributed by atoms with Crippen LogP contribution in [0.2, 0.25) is 0 Å². The molecule has 1 aliphatic heterocycles. The highest BCUT2D eigenvalue weighted by Gasteiger charge is 2.36. The molecule has 0 saturated carbocycles. The van der Waals surface area contributed by atoms with Gasteiger partial charge in [0.25, 0.3) is 0 Å². The summed E-state index contributed by atoms with van der Waals surface area (Å²) in [5.41, 5.74) is 6.52. The van der Waals surface area contributed by atoms with Crippen molar-refractivity contribution in [3.8, 4) is 11.1 Å². The monoisotopic (exact) mass is 591 g/mol. The van der Waals surface area contributed by atoms with Gasteiger partial charge < -0.3 is 19.6 Å². The molecule has 4 rings (SSSR count). The van der Waals surface area contributed by atoms with Crippen LogP contribution >= 0.6 is 0 Å². The molecule has 1 atom stereocenters. The number of ether oxygens (including phenoxy) is 1. The minimum atomic E-state index is -1.15. The molecule has 2 heterocycles. The molecule has 43 heavy (non-hydrogen) atoms. The molecule has 3 aromatic rings. The Kier molecular flexibility index (Phi) is 9.94. The second-order valence-electron chi connectivity index (χ2n) is 13.3. The van der Waals surface area contributed by atoms with Crippen LogP contribution in [0.15, 0.2) is 48.5 Å². The lowest BCUT2D eigenvalue weighted by atomic mass is 9.81. The minimum absolute atomic E-state index is 0.227. The second-order valence-corrected chi connectivity index (χ2v) is 13.3. The molecule has 7 nitrogen and oxygen atoms in total. The summed E-state index contributed by atoms with van der Waals surface area (Å²) in [5.74, 6) is -1.29. The number of aryl methyl sites for hydroxylation is 2. The Morgan fingerprint density at radius 1 is 1.00 bits per heavy atom. The molecule has 1 unspecified atom stereocenters. The number of hydrogen-bond donors (Lipinski definition) is 1. The van der Waals surface area contributed by atoms with Crippen LogP contribution in [0.1, 0.15) is 81.6 Å². The SMILES string of the molecule is CON(Cc1ccc(F)cc1)Cc1ccc(-c2c(C)nc(C)c(C(OC(C)(C)C)C(=O)O)c2N2CCC(C)(C)CC2)cc1. The second kappa shape index (κ2) is 13.1. The lowest BCUT2D eigenvalue weighted by molar-refractivity contribution is -0.160. The van der Waals surface area contributed by atoms with Crippen LogP contribution in [0.3, 0.4) is 0 Å². The van der Waals surface area contributed by atoms with Gasteiger partial charge in [0.2, 0.25) is 0 Å². The number of hydrogen-bond acceptors (Lipinski definition) is 6. The summed E-state index contributed by atoms with van der Waals surface area (Å²) in [6.45, 7) is 16.8. The van der Waals surface area contributed by atoms with Gasteiger partial charge in [-0.25, -0.2) is 9.18 Å². The van der Waals surface area contributed by atoms with Crippen molar-refractivity contribution >= 4 is 11.7 Å². The van der Waals surface area contributed by atoms with Gasteiger partial charge in [-0.1, -0.05) is 50.2 Å². The normalized spacial score (nSPS) is 16.0. The smallest absolute Gasteiger partial charge is 0.337 e. The summed E-state index contributed by atoms with van der Waals surface area (Å²) in [7, 11) is 1.63. The predicted molar refractivity (Wildman–Crippen MR) is 168 cm³/mol. The van der Waals surface area contributed by atoms with Gasteiger partial charge in [-0.05, 0) is 81.7 Å². The van der Waals surface area contributed by atoms with Gasteiger partial charge in [-0.3, -0.25) is 4.98 Å².